The van der Waals surface area contributed by atoms with Crippen molar-refractivity contribution < 1.29 is 14.3 Å². The topological polar surface area (TPSA) is 58.6 Å². The molecule has 1 aromatic rings. The first kappa shape index (κ1) is 17.8. The van der Waals surface area contributed by atoms with Gasteiger partial charge in [-0.1, -0.05) is 6.92 Å². The molecule has 0 aliphatic carbocycles. The van der Waals surface area contributed by atoms with Crippen LogP contribution in [0.5, 0.6) is 5.75 Å². The fraction of sp³-hybridized carbons (Fsp3) is 0.529. The molecule has 0 unspecified atom stereocenters. The van der Waals surface area contributed by atoms with Gasteiger partial charge in [0, 0.05) is 30.0 Å². The Labute approximate surface area is 145 Å². The van der Waals surface area contributed by atoms with Crippen molar-refractivity contribution in [1.29, 1.82) is 0 Å². The molecule has 1 aromatic carbocycles. The minimum atomic E-state index is -0.0248. The minimum absolute atomic E-state index is 0.0133. The molecule has 0 spiro atoms. The van der Waals surface area contributed by atoms with Crippen LogP contribution < -0.4 is 10.1 Å². The van der Waals surface area contributed by atoms with E-state index in [4.69, 9.17) is 4.74 Å². The lowest BCUT2D eigenvalue weighted by Crippen LogP contribution is -2.43. The number of carbonyl (C=O) groups excluding carboxylic acids is 2. The predicted octanol–water partition coefficient (Wildman–Crippen LogP) is 2.84. The Kier molecular flexibility index (Phi) is 6.45. The third kappa shape index (κ3) is 4.47. The zero-order valence-electron chi connectivity index (χ0n) is 13.6. The molecule has 0 saturated carbocycles. The maximum atomic E-state index is 12.7. The summed E-state index contributed by atoms with van der Waals surface area (Å²) in [6.45, 7) is 3.96. The molecule has 1 heterocycles. The summed E-state index contributed by atoms with van der Waals surface area (Å²) >= 11 is 3.42. The third-order valence-electron chi connectivity index (χ3n) is 4.11. The normalized spacial score (nSPS) is 15.3. The van der Waals surface area contributed by atoms with Crippen molar-refractivity contribution in [3.05, 3.63) is 28.2 Å². The first-order valence-corrected chi connectivity index (χ1v) is 8.76. The van der Waals surface area contributed by atoms with Crippen molar-refractivity contribution in [2.75, 3.05) is 26.7 Å². The van der Waals surface area contributed by atoms with Gasteiger partial charge in [0.2, 0.25) is 5.91 Å². The van der Waals surface area contributed by atoms with E-state index >= 15 is 0 Å². The van der Waals surface area contributed by atoms with E-state index < -0.39 is 0 Å². The van der Waals surface area contributed by atoms with E-state index in [1.54, 1.807) is 13.2 Å². The van der Waals surface area contributed by atoms with Crippen LogP contribution in [0.2, 0.25) is 0 Å². The molecule has 0 aromatic heterocycles. The lowest BCUT2D eigenvalue weighted by atomic mass is 9.95. The van der Waals surface area contributed by atoms with Crippen molar-refractivity contribution in [3.63, 3.8) is 0 Å². The molecule has 23 heavy (non-hydrogen) atoms. The molecular weight excluding hydrogens is 360 g/mol. The molecule has 5 nitrogen and oxygen atoms in total. The SMILES string of the molecule is CCCNC(=O)C1CCN(C(=O)c2cc(OC)ccc2Br)CC1. The summed E-state index contributed by atoms with van der Waals surface area (Å²) in [7, 11) is 1.58. The van der Waals surface area contributed by atoms with Gasteiger partial charge in [-0.3, -0.25) is 9.59 Å². The number of nitrogens with zero attached hydrogens (tertiary/aromatic N) is 1. The number of likely N-dealkylation sites (tertiary alicyclic amines) is 1. The summed E-state index contributed by atoms with van der Waals surface area (Å²) in [5.41, 5.74) is 0.596. The van der Waals surface area contributed by atoms with E-state index in [-0.39, 0.29) is 17.7 Å². The van der Waals surface area contributed by atoms with Gasteiger partial charge in [-0.2, -0.15) is 0 Å². The number of amides is 2. The summed E-state index contributed by atoms with van der Waals surface area (Å²) in [6, 6.07) is 5.37. The van der Waals surface area contributed by atoms with Crippen LogP contribution in [0.3, 0.4) is 0 Å². The van der Waals surface area contributed by atoms with Crippen LogP contribution in [0.4, 0.5) is 0 Å². The van der Waals surface area contributed by atoms with E-state index in [2.05, 4.69) is 21.2 Å². The highest BCUT2D eigenvalue weighted by Gasteiger charge is 2.28. The van der Waals surface area contributed by atoms with Crippen molar-refractivity contribution in [2.24, 2.45) is 5.92 Å². The number of carbonyl (C=O) groups is 2. The average Bonchev–Trinajstić information content (AvgIpc) is 2.59. The number of ether oxygens (including phenoxy) is 1. The standard InChI is InChI=1S/C17H23BrN2O3/c1-3-8-19-16(21)12-6-9-20(10-7-12)17(22)14-11-13(23-2)4-5-15(14)18/h4-5,11-12H,3,6-10H2,1-2H3,(H,19,21). The summed E-state index contributed by atoms with van der Waals surface area (Å²) in [5.74, 6) is 0.759. The van der Waals surface area contributed by atoms with Gasteiger partial charge in [-0.05, 0) is 53.4 Å². The van der Waals surface area contributed by atoms with Crippen LogP contribution in [0.15, 0.2) is 22.7 Å². The van der Waals surface area contributed by atoms with Crippen LogP contribution in [0, 0.1) is 5.92 Å². The van der Waals surface area contributed by atoms with E-state index in [0.717, 1.165) is 10.9 Å². The first-order chi connectivity index (χ1) is 11.1. The highest BCUT2D eigenvalue weighted by molar-refractivity contribution is 9.10. The van der Waals surface area contributed by atoms with Gasteiger partial charge >= 0.3 is 0 Å². The van der Waals surface area contributed by atoms with Crippen molar-refractivity contribution in [2.45, 2.75) is 26.2 Å². The summed E-state index contributed by atoms with van der Waals surface area (Å²) in [4.78, 5) is 26.5. The fourth-order valence-electron chi connectivity index (χ4n) is 2.70. The Morgan fingerprint density at radius 2 is 2.04 bits per heavy atom. The number of rotatable bonds is 5. The quantitative estimate of drug-likeness (QED) is 0.851. The largest absolute Gasteiger partial charge is 0.497 e. The monoisotopic (exact) mass is 382 g/mol. The highest BCUT2D eigenvalue weighted by Crippen LogP contribution is 2.26. The second-order valence-electron chi connectivity index (χ2n) is 5.70. The third-order valence-corrected chi connectivity index (χ3v) is 4.80. The Balaban J connectivity index is 1.97. The lowest BCUT2D eigenvalue weighted by molar-refractivity contribution is -0.126. The Hall–Kier alpha value is -1.56. The number of nitrogens with one attached hydrogen (secondary N) is 1. The van der Waals surface area contributed by atoms with Gasteiger partial charge in [0.05, 0.1) is 12.7 Å². The van der Waals surface area contributed by atoms with E-state index in [0.29, 0.717) is 43.8 Å². The Morgan fingerprint density at radius 3 is 2.65 bits per heavy atom. The minimum Gasteiger partial charge on any atom is -0.497 e. The van der Waals surface area contributed by atoms with Crippen LogP contribution in [-0.4, -0.2) is 43.5 Å². The van der Waals surface area contributed by atoms with Crippen molar-refractivity contribution in [3.8, 4) is 5.75 Å². The molecule has 2 amide bonds. The Morgan fingerprint density at radius 1 is 1.35 bits per heavy atom. The number of benzene rings is 1. The van der Waals surface area contributed by atoms with E-state index in [1.807, 2.05) is 24.0 Å². The summed E-state index contributed by atoms with van der Waals surface area (Å²) in [6.07, 6.45) is 2.36. The maximum absolute atomic E-state index is 12.7. The molecule has 1 N–H and O–H groups in total. The molecule has 6 heteroatoms. The van der Waals surface area contributed by atoms with E-state index in [1.165, 1.54) is 0 Å². The molecule has 1 aliphatic heterocycles. The molecule has 0 atom stereocenters. The van der Waals surface area contributed by atoms with Gasteiger partial charge in [-0.25, -0.2) is 0 Å². The maximum Gasteiger partial charge on any atom is 0.255 e. The first-order valence-electron chi connectivity index (χ1n) is 7.97. The molecule has 126 valence electrons. The number of halogens is 1. The predicted molar refractivity (Wildman–Crippen MR) is 92.6 cm³/mol. The second-order valence-corrected chi connectivity index (χ2v) is 6.56. The zero-order chi connectivity index (χ0) is 16.8. The molecule has 2 rings (SSSR count). The molecular formula is C17H23BrN2O3. The number of methoxy groups -OCH3 is 1. The molecule has 0 radical (unpaired) electrons. The summed E-state index contributed by atoms with van der Waals surface area (Å²) in [5, 5.41) is 2.94. The second kappa shape index (κ2) is 8.34. The number of hydrogen-bond donors (Lipinski definition) is 1. The van der Waals surface area contributed by atoms with Crippen LogP contribution in [0.25, 0.3) is 0 Å². The molecule has 1 saturated heterocycles. The Bertz CT molecular complexity index is 569. The fourth-order valence-corrected chi connectivity index (χ4v) is 3.12. The average molecular weight is 383 g/mol. The molecule has 1 aliphatic rings. The van der Waals surface area contributed by atoms with Gasteiger partial charge in [-0.15, -0.1) is 0 Å². The summed E-state index contributed by atoms with van der Waals surface area (Å²) < 4.78 is 5.94. The number of hydrogen-bond acceptors (Lipinski definition) is 3. The van der Waals surface area contributed by atoms with Gasteiger partial charge in [0.15, 0.2) is 0 Å². The number of piperidine rings is 1. The van der Waals surface area contributed by atoms with Gasteiger partial charge < -0.3 is 15.0 Å². The van der Waals surface area contributed by atoms with Crippen LogP contribution in [0.1, 0.15) is 36.5 Å². The van der Waals surface area contributed by atoms with Crippen LogP contribution >= 0.6 is 15.9 Å². The lowest BCUT2D eigenvalue weighted by Gasteiger charge is -2.31. The molecule has 1 fully saturated rings. The molecule has 0 bridgehead atoms. The van der Waals surface area contributed by atoms with Crippen molar-refractivity contribution in [1.82, 2.24) is 10.2 Å². The van der Waals surface area contributed by atoms with Crippen LogP contribution in [-0.2, 0) is 4.79 Å². The zero-order valence-corrected chi connectivity index (χ0v) is 15.2. The highest BCUT2D eigenvalue weighted by atomic mass is 79.9. The van der Waals surface area contributed by atoms with Gasteiger partial charge in [0.25, 0.3) is 5.91 Å². The smallest absolute Gasteiger partial charge is 0.255 e. The van der Waals surface area contributed by atoms with Gasteiger partial charge in [0.1, 0.15) is 5.75 Å². The van der Waals surface area contributed by atoms with Crippen molar-refractivity contribution >= 4 is 27.7 Å². The van der Waals surface area contributed by atoms with E-state index in [9.17, 15) is 9.59 Å².